The van der Waals surface area contributed by atoms with E-state index in [1.165, 1.54) is 6.33 Å². The van der Waals surface area contributed by atoms with Crippen molar-refractivity contribution in [1.82, 2.24) is 19.9 Å². The largest absolute Gasteiger partial charge is 0.436 e. The summed E-state index contributed by atoms with van der Waals surface area (Å²) >= 11 is 6.32. The van der Waals surface area contributed by atoms with Gasteiger partial charge in [-0.3, -0.25) is 0 Å². The SMILES string of the molecule is N#Cc1ccc(Nc2nc(Oc3ccc(Cl)c4ccccc34)c3[nH]cnc3n2)cc1. The predicted molar refractivity (Wildman–Crippen MR) is 115 cm³/mol. The number of H-pyrrole nitrogens is 1. The summed E-state index contributed by atoms with van der Waals surface area (Å²) in [5, 5.41) is 14.5. The van der Waals surface area contributed by atoms with Crippen molar-refractivity contribution < 1.29 is 4.74 Å². The van der Waals surface area contributed by atoms with Crippen molar-refractivity contribution in [2.45, 2.75) is 0 Å². The molecule has 0 amide bonds. The van der Waals surface area contributed by atoms with Gasteiger partial charge in [0.05, 0.1) is 18.0 Å². The summed E-state index contributed by atoms with van der Waals surface area (Å²) < 4.78 is 6.17. The number of rotatable bonds is 4. The number of aromatic amines is 1. The topological polar surface area (TPSA) is 99.5 Å². The van der Waals surface area contributed by atoms with Crippen molar-refractivity contribution in [2.24, 2.45) is 0 Å². The second-order valence-corrected chi connectivity index (χ2v) is 6.87. The van der Waals surface area contributed by atoms with Gasteiger partial charge in [0, 0.05) is 21.5 Å². The first-order valence-corrected chi connectivity index (χ1v) is 9.42. The van der Waals surface area contributed by atoms with Gasteiger partial charge in [0.1, 0.15) is 11.3 Å². The third-order valence-electron chi connectivity index (χ3n) is 4.56. The van der Waals surface area contributed by atoms with E-state index in [-0.39, 0.29) is 0 Å². The third kappa shape index (κ3) is 3.26. The highest BCUT2D eigenvalue weighted by Gasteiger charge is 2.14. The lowest BCUT2D eigenvalue weighted by molar-refractivity contribution is 0.473. The summed E-state index contributed by atoms with van der Waals surface area (Å²) in [4.78, 5) is 16.2. The zero-order valence-electron chi connectivity index (χ0n) is 15.4. The molecule has 0 bridgehead atoms. The smallest absolute Gasteiger partial charge is 0.250 e. The maximum absolute atomic E-state index is 8.95. The van der Waals surface area contributed by atoms with Crippen molar-refractivity contribution in [1.29, 1.82) is 5.26 Å². The molecule has 0 unspecified atom stereocenters. The van der Waals surface area contributed by atoms with Crippen molar-refractivity contribution >= 4 is 45.2 Å². The van der Waals surface area contributed by atoms with E-state index >= 15 is 0 Å². The van der Waals surface area contributed by atoms with Gasteiger partial charge in [0.15, 0.2) is 5.65 Å². The van der Waals surface area contributed by atoms with Crippen molar-refractivity contribution in [3.8, 4) is 17.7 Å². The van der Waals surface area contributed by atoms with E-state index in [2.05, 4.69) is 31.3 Å². The molecule has 8 heteroatoms. The Balaban J connectivity index is 1.55. The average molecular weight is 413 g/mol. The van der Waals surface area contributed by atoms with Crippen LogP contribution in [0.3, 0.4) is 0 Å². The molecule has 0 spiro atoms. The number of ether oxygens (including phenoxy) is 1. The number of aromatic nitrogens is 4. The maximum Gasteiger partial charge on any atom is 0.250 e. The van der Waals surface area contributed by atoms with Gasteiger partial charge < -0.3 is 15.0 Å². The Morgan fingerprint density at radius 1 is 0.967 bits per heavy atom. The molecule has 0 aliphatic carbocycles. The minimum Gasteiger partial charge on any atom is -0.436 e. The minimum atomic E-state index is 0.326. The van der Waals surface area contributed by atoms with E-state index in [0.717, 1.165) is 16.5 Å². The Bertz CT molecular complexity index is 1420. The van der Waals surface area contributed by atoms with Gasteiger partial charge in [0.2, 0.25) is 5.95 Å². The van der Waals surface area contributed by atoms with E-state index in [1.54, 1.807) is 30.3 Å². The van der Waals surface area contributed by atoms with E-state index < -0.39 is 0 Å². The fourth-order valence-electron chi connectivity index (χ4n) is 3.12. The molecule has 0 aliphatic heterocycles. The predicted octanol–water partition coefficient (Wildman–Crippen LogP) is 5.57. The van der Waals surface area contributed by atoms with Crippen LogP contribution in [0.15, 0.2) is 67.0 Å². The number of benzene rings is 3. The Morgan fingerprint density at radius 3 is 2.57 bits per heavy atom. The fraction of sp³-hybridized carbons (Fsp3) is 0. The van der Waals surface area contributed by atoms with Crippen molar-refractivity contribution in [2.75, 3.05) is 5.32 Å². The molecule has 144 valence electrons. The van der Waals surface area contributed by atoms with Crippen molar-refractivity contribution in [3.63, 3.8) is 0 Å². The number of nitrogens with zero attached hydrogens (tertiary/aromatic N) is 4. The van der Waals surface area contributed by atoms with Crippen molar-refractivity contribution in [3.05, 3.63) is 77.6 Å². The summed E-state index contributed by atoms with van der Waals surface area (Å²) in [6, 6.07) is 20.4. The maximum atomic E-state index is 8.95. The molecule has 2 heterocycles. The Hall–Kier alpha value is -4.15. The molecular weight excluding hydrogens is 400 g/mol. The number of halogens is 1. The van der Waals surface area contributed by atoms with Crippen LogP contribution in [0.2, 0.25) is 5.02 Å². The summed E-state index contributed by atoms with van der Waals surface area (Å²) in [5.74, 6) is 1.28. The molecule has 2 aromatic heterocycles. The average Bonchev–Trinajstić information content (AvgIpc) is 3.25. The van der Waals surface area contributed by atoms with Crippen LogP contribution in [0, 0.1) is 11.3 Å². The lowest BCUT2D eigenvalue weighted by Crippen LogP contribution is -2.00. The lowest BCUT2D eigenvalue weighted by Gasteiger charge is -2.11. The quantitative estimate of drug-likeness (QED) is 0.400. The van der Waals surface area contributed by atoms with Gasteiger partial charge in [-0.25, -0.2) is 4.98 Å². The molecule has 7 nitrogen and oxygen atoms in total. The highest BCUT2D eigenvalue weighted by molar-refractivity contribution is 6.35. The highest BCUT2D eigenvalue weighted by Crippen LogP contribution is 2.35. The van der Waals surface area contributed by atoms with Gasteiger partial charge >= 0.3 is 0 Å². The van der Waals surface area contributed by atoms with Gasteiger partial charge in [0.25, 0.3) is 5.88 Å². The van der Waals surface area contributed by atoms with Crippen LogP contribution < -0.4 is 10.1 Å². The molecule has 0 fully saturated rings. The first-order chi connectivity index (χ1) is 14.7. The number of fused-ring (bicyclic) bond motifs is 2. The van der Waals surface area contributed by atoms with Gasteiger partial charge in [-0.1, -0.05) is 35.9 Å². The Morgan fingerprint density at radius 2 is 1.77 bits per heavy atom. The number of nitriles is 1. The Labute approximate surface area is 176 Å². The van der Waals surface area contributed by atoms with Crippen LogP contribution in [0.5, 0.6) is 11.6 Å². The molecule has 0 aliphatic rings. The number of hydrogen-bond acceptors (Lipinski definition) is 6. The van der Waals surface area contributed by atoms with E-state index in [1.807, 2.05) is 30.3 Å². The second kappa shape index (κ2) is 7.35. The molecule has 30 heavy (non-hydrogen) atoms. The van der Waals surface area contributed by atoms with E-state index in [9.17, 15) is 0 Å². The molecule has 0 radical (unpaired) electrons. The normalized spacial score (nSPS) is 10.8. The highest BCUT2D eigenvalue weighted by atomic mass is 35.5. The van der Waals surface area contributed by atoms with Crippen LogP contribution >= 0.6 is 11.6 Å². The molecule has 0 atom stereocenters. The monoisotopic (exact) mass is 412 g/mol. The number of hydrogen-bond donors (Lipinski definition) is 2. The number of nitrogens with one attached hydrogen (secondary N) is 2. The van der Waals surface area contributed by atoms with E-state index in [4.69, 9.17) is 21.6 Å². The first kappa shape index (κ1) is 17.9. The zero-order valence-corrected chi connectivity index (χ0v) is 16.2. The molecule has 5 rings (SSSR count). The summed E-state index contributed by atoms with van der Waals surface area (Å²) in [6.45, 7) is 0. The van der Waals surface area contributed by atoms with Crippen LogP contribution in [0.4, 0.5) is 11.6 Å². The second-order valence-electron chi connectivity index (χ2n) is 6.46. The minimum absolute atomic E-state index is 0.326. The molecule has 2 N–H and O–H groups in total. The molecule has 3 aromatic carbocycles. The van der Waals surface area contributed by atoms with Crippen LogP contribution in [0.25, 0.3) is 21.9 Å². The van der Waals surface area contributed by atoms with Crippen LogP contribution in [-0.4, -0.2) is 19.9 Å². The van der Waals surface area contributed by atoms with Gasteiger partial charge in [-0.05, 0) is 36.4 Å². The molecule has 0 saturated carbocycles. The zero-order chi connectivity index (χ0) is 20.5. The number of imidazole rings is 1. The molecule has 5 aromatic rings. The molecular formula is C22H13ClN6O. The summed E-state index contributed by atoms with van der Waals surface area (Å²) in [7, 11) is 0. The van der Waals surface area contributed by atoms with Gasteiger partial charge in [-0.15, -0.1) is 0 Å². The molecule has 0 saturated heterocycles. The van der Waals surface area contributed by atoms with Crippen LogP contribution in [-0.2, 0) is 0 Å². The first-order valence-electron chi connectivity index (χ1n) is 9.05. The fourth-order valence-corrected chi connectivity index (χ4v) is 3.35. The van der Waals surface area contributed by atoms with E-state index in [0.29, 0.717) is 39.3 Å². The standard InChI is InChI=1S/C22H13ClN6O/c23-17-9-10-18(16-4-2-1-3-15(16)17)30-21-19-20(26-12-25-19)28-22(29-21)27-14-7-5-13(11-24)6-8-14/h1-10,12H,(H2,25,26,27,28,29). The summed E-state index contributed by atoms with van der Waals surface area (Å²) in [5.41, 5.74) is 2.36. The number of anilines is 2. The van der Waals surface area contributed by atoms with Gasteiger partial charge in [-0.2, -0.15) is 15.2 Å². The summed E-state index contributed by atoms with van der Waals surface area (Å²) in [6.07, 6.45) is 1.54. The lowest BCUT2D eigenvalue weighted by atomic mass is 10.1. The Kier molecular flexibility index (Phi) is 4.39. The van der Waals surface area contributed by atoms with Crippen LogP contribution in [0.1, 0.15) is 5.56 Å². The third-order valence-corrected chi connectivity index (χ3v) is 4.89.